The number of aliphatic hydroxyl groups excluding tert-OH is 1. The molecule has 0 bridgehead atoms. The molecule has 200 valence electrons. The van der Waals surface area contributed by atoms with Gasteiger partial charge in [-0.25, -0.2) is 0 Å². The number of nitrogens with one attached hydrogen (secondary N) is 3. The maximum absolute atomic E-state index is 12.8. The van der Waals surface area contributed by atoms with Crippen molar-refractivity contribution in [1.29, 1.82) is 0 Å². The van der Waals surface area contributed by atoms with Gasteiger partial charge in [0.15, 0.2) is 0 Å². The molecule has 3 aromatic carbocycles. The number of amides is 2. The predicted octanol–water partition coefficient (Wildman–Crippen LogP) is 4.47. The Morgan fingerprint density at radius 1 is 0.846 bits per heavy atom. The van der Waals surface area contributed by atoms with Gasteiger partial charge in [0.2, 0.25) is 0 Å². The monoisotopic (exact) mass is 525 g/mol. The van der Waals surface area contributed by atoms with Crippen molar-refractivity contribution >= 4 is 40.3 Å². The van der Waals surface area contributed by atoms with Crippen LogP contribution in [0.2, 0.25) is 0 Å². The molecule has 9 heteroatoms. The van der Waals surface area contributed by atoms with E-state index in [0.29, 0.717) is 35.8 Å². The van der Waals surface area contributed by atoms with E-state index in [-0.39, 0.29) is 24.5 Å². The number of rotatable bonds is 8. The van der Waals surface area contributed by atoms with Crippen molar-refractivity contribution in [2.75, 3.05) is 47.2 Å². The van der Waals surface area contributed by atoms with Crippen LogP contribution < -0.4 is 20.9 Å². The number of hydrogen-bond donors (Lipinski definition) is 4. The molecule has 1 saturated heterocycles. The Morgan fingerprint density at radius 3 is 2.00 bits per heavy atom. The largest absolute Gasteiger partial charge is 0.394 e. The van der Waals surface area contributed by atoms with Crippen LogP contribution in [0.3, 0.4) is 0 Å². The minimum absolute atomic E-state index is 0.00759. The molecule has 0 saturated carbocycles. The van der Waals surface area contributed by atoms with Gasteiger partial charge in [0.05, 0.1) is 19.3 Å². The number of nitrogens with zero attached hydrogens (tertiary/aromatic N) is 2. The molecule has 1 fully saturated rings. The maximum atomic E-state index is 12.8. The van der Waals surface area contributed by atoms with Gasteiger partial charge in [-0.15, -0.1) is 0 Å². The average molecular weight is 526 g/mol. The maximum Gasteiger partial charge on any atom is 0.272 e. The van der Waals surface area contributed by atoms with Gasteiger partial charge in [0.25, 0.3) is 11.8 Å². The first-order valence-corrected chi connectivity index (χ1v) is 12.8. The molecule has 1 aliphatic rings. The summed E-state index contributed by atoms with van der Waals surface area (Å²) in [4.78, 5) is 27.3. The van der Waals surface area contributed by atoms with Crippen molar-refractivity contribution in [2.24, 2.45) is 7.05 Å². The Kier molecular flexibility index (Phi) is 7.91. The van der Waals surface area contributed by atoms with Crippen LogP contribution in [0.5, 0.6) is 0 Å². The highest BCUT2D eigenvalue weighted by molar-refractivity contribution is 6.04. The Morgan fingerprint density at radius 2 is 1.44 bits per heavy atom. The summed E-state index contributed by atoms with van der Waals surface area (Å²) in [5, 5.41) is 18.5. The SMILES string of the molecule is Cn1cccc1C(=O)Nc1ccc(Nc2ccc(NC(=O)c3ccc(N4CCOC(CO)C4)cc3)cc2)cc1. The number of carbonyl (C=O) groups excluding carboxylic acids is 2. The second-order valence-corrected chi connectivity index (χ2v) is 9.36. The van der Waals surface area contributed by atoms with Gasteiger partial charge in [-0.3, -0.25) is 9.59 Å². The van der Waals surface area contributed by atoms with Gasteiger partial charge >= 0.3 is 0 Å². The minimum Gasteiger partial charge on any atom is -0.394 e. The fourth-order valence-corrected chi connectivity index (χ4v) is 4.42. The number of hydrogen-bond acceptors (Lipinski definition) is 6. The van der Waals surface area contributed by atoms with Gasteiger partial charge in [0.1, 0.15) is 5.69 Å². The van der Waals surface area contributed by atoms with E-state index in [1.165, 1.54) is 0 Å². The summed E-state index contributed by atoms with van der Waals surface area (Å²) >= 11 is 0. The lowest BCUT2D eigenvalue weighted by molar-refractivity contribution is 0.00357. The second kappa shape index (κ2) is 11.8. The molecule has 4 aromatic rings. The van der Waals surface area contributed by atoms with Crippen LogP contribution >= 0.6 is 0 Å². The molecule has 9 nitrogen and oxygen atoms in total. The lowest BCUT2D eigenvalue weighted by Crippen LogP contribution is -2.44. The van der Waals surface area contributed by atoms with Gasteiger partial charge in [-0.1, -0.05) is 0 Å². The summed E-state index contributed by atoms with van der Waals surface area (Å²) in [7, 11) is 1.83. The van der Waals surface area contributed by atoms with Crippen molar-refractivity contribution in [3.63, 3.8) is 0 Å². The molecule has 39 heavy (non-hydrogen) atoms. The summed E-state index contributed by atoms with van der Waals surface area (Å²) in [6, 6.07) is 26.0. The lowest BCUT2D eigenvalue weighted by atomic mass is 10.1. The third kappa shape index (κ3) is 6.46. The Balaban J connectivity index is 1.13. The van der Waals surface area contributed by atoms with E-state index < -0.39 is 0 Å². The predicted molar refractivity (Wildman–Crippen MR) is 153 cm³/mol. The molecule has 1 aliphatic heterocycles. The number of benzene rings is 3. The molecular weight excluding hydrogens is 494 g/mol. The first-order chi connectivity index (χ1) is 19.0. The number of aromatic nitrogens is 1. The zero-order valence-corrected chi connectivity index (χ0v) is 21.6. The molecule has 1 atom stereocenters. The quantitative estimate of drug-likeness (QED) is 0.270. The fraction of sp³-hybridized carbons (Fsp3) is 0.200. The van der Waals surface area contributed by atoms with E-state index in [1.54, 1.807) is 22.8 Å². The second-order valence-electron chi connectivity index (χ2n) is 9.36. The molecule has 2 amide bonds. The number of morpholine rings is 1. The van der Waals surface area contributed by atoms with E-state index in [2.05, 4.69) is 20.9 Å². The molecule has 0 spiro atoms. The van der Waals surface area contributed by atoms with E-state index >= 15 is 0 Å². The number of anilines is 5. The molecule has 1 unspecified atom stereocenters. The highest BCUT2D eigenvalue weighted by Crippen LogP contribution is 2.23. The number of aryl methyl sites for hydroxylation is 1. The van der Waals surface area contributed by atoms with Crippen LogP contribution in [0.4, 0.5) is 28.4 Å². The fourth-order valence-electron chi connectivity index (χ4n) is 4.42. The van der Waals surface area contributed by atoms with E-state index in [4.69, 9.17) is 4.74 Å². The van der Waals surface area contributed by atoms with E-state index in [1.807, 2.05) is 80.0 Å². The molecule has 4 N–H and O–H groups in total. The lowest BCUT2D eigenvalue weighted by Gasteiger charge is -2.33. The molecule has 0 radical (unpaired) electrons. The molecule has 2 heterocycles. The standard InChI is InChI=1S/C30H31N5O4/c1-34-16-2-3-28(34)30(38)33-25-12-8-23(9-13-25)31-22-6-10-24(11-7-22)32-29(37)21-4-14-26(15-5-21)35-17-18-39-27(19-35)20-36/h2-16,27,31,36H,17-20H2,1H3,(H,32,37)(H,33,38). The van der Waals surface area contributed by atoms with Gasteiger partial charge in [0, 0.05) is 60.3 Å². The van der Waals surface area contributed by atoms with Crippen molar-refractivity contribution < 1.29 is 19.4 Å². The Labute approximate surface area is 227 Å². The zero-order valence-electron chi connectivity index (χ0n) is 21.6. The van der Waals surface area contributed by atoms with Crippen LogP contribution in [-0.4, -0.2) is 53.9 Å². The van der Waals surface area contributed by atoms with Crippen LogP contribution in [0.15, 0.2) is 91.1 Å². The summed E-state index contributed by atoms with van der Waals surface area (Å²) in [6.07, 6.45) is 1.64. The van der Waals surface area contributed by atoms with Crippen molar-refractivity contribution in [2.45, 2.75) is 6.10 Å². The number of carbonyl (C=O) groups is 2. The highest BCUT2D eigenvalue weighted by Gasteiger charge is 2.20. The molecule has 0 aliphatic carbocycles. The normalized spacial score (nSPS) is 15.0. The van der Waals surface area contributed by atoms with Crippen LogP contribution in [0.25, 0.3) is 0 Å². The Hall–Kier alpha value is -4.60. The van der Waals surface area contributed by atoms with Gasteiger partial charge < -0.3 is 35.3 Å². The third-order valence-electron chi connectivity index (χ3n) is 6.59. The summed E-state index contributed by atoms with van der Waals surface area (Å²) in [5.41, 5.74) is 5.28. The van der Waals surface area contributed by atoms with Crippen LogP contribution in [0.1, 0.15) is 20.8 Å². The summed E-state index contributed by atoms with van der Waals surface area (Å²) in [6.45, 7) is 1.93. The van der Waals surface area contributed by atoms with Crippen molar-refractivity contribution in [1.82, 2.24) is 4.57 Å². The average Bonchev–Trinajstić information content (AvgIpc) is 3.41. The number of aliphatic hydroxyl groups is 1. The molecule has 1 aromatic heterocycles. The molecule has 5 rings (SSSR count). The summed E-state index contributed by atoms with van der Waals surface area (Å²) in [5.74, 6) is -0.351. The summed E-state index contributed by atoms with van der Waals surface area (Å²) < 4.78 is 7.28. The Bertz CT molecular complexity index is 1420. The third-order valence-corrected chi connectivity index (χ3v) is 6.59. The smallest absolute Gasteiger partial charge is 0.272 e. The molecular formula is C30H31N5O4. The number of ether oxygens (including phenoxy) is 1. The van der Waals surface area contributed by atoms with E-state index in [0.717, 1.165) is 23.6 Å². The van der Waals surface area contributed by atoms with E-state index in [9.17, 15) is 14.7 Å². The first kappa shape index (κ1) is 26.0. The van der Waals surface area contributed by atoms with Crippen molar-refractivity contribution in [3.8, 4) is 0 Å². The highest BCUT2D eigenvalue weighted by atomic mass is 16.5. The first-order valence-electron chi connectivity index (χ1n) is 12.8. The topological polar surface area (TPSA) is 108 Å². The van der Waals surface area contributed by atoms with Crippen LogP contribution in [-0.2, 0) is 11.8 Å². The van der Waals surface area contributed by atoms with Gasteiger partial charge in [-0.05, 0) is 84.9 Å². The van der Waals surface area contributed by atoms with Crippen molar-refractivity contribution in [3.05, 3.63) is 102 Å². The minimum atomic E-state index is -0.189. The zero-order chi connectivity index (χ0) is 27.2. The van der Waals surface area contributed by atoms with Gasteiger partial charge in [-0.2, -0.15) is 0 Å². The van der Waals surface area contributed by atoms with Crippen LogP contribution in [0, 0.1) is 0 Å².